The number of ether oxygens (including phenoxy) is 2. The summed E-state index contributed by atoms with van der Waals surface area (Å²) in [6.07, 6.45) is 25.7. The first-order chi connectivity index (χ1) is 34.5. The molecule has 0 aromatic heterocycles. The molecule has 9 fully saturated rings. The highest BCUT2D eigenvalue weighted by molar-refractivity contribution is 5.91. The van der Waals surface area contributed by atoms with E-state index in [4.69, 9.17) is 29.3 Å². The number of ketones is 2. The molecule has 1 unspecified atom stereocenters. The van der Waals surface area contributed by atoms with Crippen molar-refractivity contribution in [3.8, 4) is 0 Å². The van der Waals surface area contributed by atoms with E-state index in [0.29, 0.717) is 59.0 Å². The number of aliphatic carboxylic acids is 1. The molecule has 0 aromatic carbocycles. The van der Waals surface area contributed by atoms with E-state index in [2.05, 4.69) is 66.0 Å². The van der Waals surface area contributed by atoms with E-state index in [0.717, 1.165) is 98.8 Å². The first-order valence-electron chi connectivity index (χ1n) is 29.5. The number of carbonyl (C=O) groups excluding carboxylic acids is 4. The van der Waals surface area contributed by atoms with Crippen molar-refractivity contribution in [1.29, 1.82) is 0 Å². The van der Waals surface area contributed by atoms with Crippen molar-refractivity contribution in [3.63, 3.8) is 0 Å². The third kappa shape index (κ3) is 9.84. The van der Waals surface area contributed by atoms with Crippen molar-refractivity contribution in [2.75, 3.05) is 13.1 Å². The molecule has 4 heterocycles. The number of allylic oxidation sites excluding steroid dienone is 4. The lowest BCUT2D eigenvalue weighted by Crippen LogP contribution is -2.96. The quantitative estimate of drug-likeness (QED) is 0.195. The van der Waals surface area contributed by atoms with Gasteiger partial charge in [0.2, 0.25) is 0 Å². The molecule has 11 nitrogen and oxygen atoms in total. The maximum absolute atomic E-state index is 12.2. The van der Waals surface area contributed by atoms with Crippen molar-refractivity contribution in [1.82, 2.24) is 5.32 Å². The smallest absolute Gasteiger partial charge is 0.373 e. The Labute approximate surface area is 438 Å². The predicted octanol–water partition coefficient (Wildman–Crippen LogP) is 9.90. The molecule has 20 atom stereocenters. The van der Waals surface area contributed by atoms with Crippen LogP contribution in [0.1, 0.15) is 198 Å². The van der Waals surface area contributed by atoms with Gasteiger partial charge in [-0.2, -0.15) is 9.59 Å². The molecule has 0 aromatic rings. The van der Waals surface area contributed by atoms with Gasteiger partial charge in [0.25, 0.3) is 0 Å². The van der Waals surface area contributed by atoms with Gasteiger partial charge in [0.1, 0.15) is 17.9 Å². The van der Waals surface area contributed by atoms with Gasteiger partial charge in [-0.15, -0.1) is 0 Å². The second-order valence-electron chi connectivity index (χ2n) is 27.5. The number of hydrogen-bond donors (Lipinski definition) is 4. The van der Waals surface area contributed by atoms with E-state index < -0.39 is 11.6 Å². The standard InChI is InChI=1S/C28H43NO2.C28H41NO2.C5H10O3.CO2/c2*1-16-11-25-26(29-15-16)18(3)28(31-25)10-8-21-22-6-5-19-12-20(30)7-9-27(19,4)24(22)13-23(21)17(2)14-28;1-3-5(2,8)4(6)7;2-1-3/h16,18-19,21-22,24-26,29H,5-15H2,1-4H3;12,16,18,21-22,24-26,29H,5-11,13-15H2,1-4H3;8H,3H2,1-2H3,(H,6,7);/p+1/t16-,18+,19+,21-,22-,24-,25+,26-,27-,28-;16-,18+,21-,22-,24-,25+,26-,27-,28-;;/m00../s1. The minimum absolute atomic E-state index is 0.0458. The van der Waals surface area contributed by atoms with E-state index in [1.54, 1.807) is 23.6 Å². The summed E-state index contributed by atoms with van der Waals surface area (Å²) in [7, 11) is 0. The van der Waals surface area contributed by atoms with Gasteiger partial charge in [-0.25, -0.2) is 4.79 Å². The Hall–Kier alpha value is -2.79. The second kappa shape index (κ2) is 20.9. The third-order valence-corrected chi connectivity index (χ3v) is 23.7. The summed E-state index contributed by atoms with van der Waals surface area (Å²) < 4.78 is 14.0. The third-order valence-electron chi connectivity index (χ3n) is 23.7. The lowest BCUT2D eigenvalue weighted by molar-refractivity contribution is -0.710. The molecule has 73 heavy (non-hydrogen) atoms. The fourth-order valence-electron chi connectivity index (χ4n) is 19.0. The van der Waals surface area contributed by atoms with Crippen molar-refractivity contribution in [3.05, 3.63) is 33.9 Å². The number of rotatable bonds is 2. The van der Waals surface area contributed by atoms with Crippen LogP contribution in [0.3, 0.4) is 0 Å². The average Bonchev–Trinajstić information content (AvgIpc) is 4.02. The summed E-state index contributed by atoms with van der Waals surface area (Å²) in [4.78, 5) is 50.5. The highest BCUT2D eigenvalue weighted by Crippen LogP contribution is 2.66. The van der Waals surface area contributed by atoms with Crippen molar-refractivity contribution in [2.24, 2.45) is 75.9 Å². The van der Waals surface area contributed by atoms with Crippen LogP contribution in [0.4, 0.5) is 0 Å². The highest BCUT2D eigenvalue weighted by atomic mass is 16.5. The Balaban J connectivity index is 0.000000150. The number of carboxylic acid groups (broad SMARTS) is 1. The maximum atomic E-state index is 12.2. The van der Waals surface area contributed by atoms with Crippen LogP contribution >= 0.6 is 0 Å². The van der Waals surface area contributed by atoms with E-state index in [-0.39, 0.29) is 29.2 Å². The van der Waals surface area contributed by atoms with Gasteiger partial charge in [0, 0.05) is 43.1 Å². The number of fused-ring (bicyclic) bond motifs is 12. The second-order valence-corrected chi connectivity index (χ2v) is 27.5. The van der Waals surface area contributed by atoms with Gasteiger partial charge < -0.3 is 30.3 Å². The van der Waals surface area contributed by atoms with Crippen molar-refractivity contribution in [2.45, 2.75) is 239 Å². The summed E-state index contributed by atoms with van der Waals surface area (Å²) in [6, 6.07) is 1.22. The van der Waals surface area contributed by atoms with Crippen LogP contribution in [0, 0.1) is 75.9 Å². The number of nitrogens with two attached hydrogens (primary N) is 1. The van der Waals surface area contributed by atoms with E-state index in [9.17, 15) is 14.4 Å². The molecular weight excluding hydrogens is 917 g/mol. The molecule has 8 aliphatic carbocycles. The molecule has 2 spiro atoms. The van der Waals surface area contributed by atoms with E-state index in [1.807, 2.05) is 11.6 Å². The van der Waals surface area contributed by atoms with Gasteiger partial charge in [0.15, 0.2) is 11.4 Å². The topological polar surface area (TPSA) is 173 Å². The molecule has 406 valence electrons. The largest absolute Gasteiger partial charge is 0.479 e. The summed E-state index contributed by atoms with van der Waals surface area (Å²) in [5.74, 6) is 7.94. The minimum atomic E-state index is -1.54. The molecule has 12 rings (SSSR count). The van der Waals surface area contributed by atoms with Gasteiger partial charge in [-0.3, -0.25) is 9.59 Å². The zero-order valence-corrected chi connectivity index (χ0v) is 46.6. The molecule has 5 saturated carbocycles. The molecule has 12 aliphatic rings. The first-order valence-corrected chi connectivity index (χ1v) is 29.5. The van der Waals surface area contributed by atoms with Crippen molar-refractivity contribution < 1.29 is 49.0 Å². The van der Waals surface area contributed by atoms with Gasteiger partial charge in [-0.05, 0) is 201 Å². The van der Waals surface area contributed by atoms with E-state index in [1.165, 1.54) is 96.1 Å². The van der Waals surface area contributed by atoms with Crippen LogP contribution < -0.4 is 10.6 Å². The Morgan fingerprint density at radius 3 is 2.03 bits per heavy atom. The number of piperidine rings is 2. The molecule has 0 bridgehead atoms. The van der Waals surface area contributed by atoms with Crippen LogP contribution in [0.15, 0.2) is 33.9 Å². The predicted molar refractivity (Wildman–Crippen MR) is 280 cm³/mol. The molecule has 0 radical (unpaired) electrons. The summed E-state index contributed by atoms with van der Waals surface area (Å²) in [6.45, 7) is 25.0. The minimum Gasteiger partial charge on any atom is -0.479 e. The monoisotopic (exact) mass is 1010 g/mol. The highest BCUT2D eigenvalue weighted by Gasteiger charge is 2.62. The van der Waals surface area contributed by atoms with Crippen LogP contribution in [-0.4, -0.2) is 88.1 Å². The fourth-order valence-corrected chi connectivity index (χ4v) is 19.0. The molecule has 4 saturated heterocycles. The molecule has 11 heteroatoms. The number of carbonyl (C=O) groups is 3. The van der Waals surface area contributed by atoms with Crippen LogP contribution in [0.2, 0.25) is 0 Å². The van der Waals surface area contributed by atoms with Gasteiger partial charge >= 0.3 is 12.1 Å². The normalized spacial score (nSPS) is 47.0. The Bertz CT molecular complexity index is 2260. The zero-order valence-electron chi connectivity index (χ0n) is 46.6. The Morgan fingerprint density at radius 2 is 1.40 bits per heavy atom. The van der Waals surface area contributed by atoms with Crippen LogP contribution in [0.5, 0.6) is 0 Å². The number of carboxylic acids is 1. The van der Waals surface area contributed by atoms with Gasteiger partial charge in [0.05, 0.1) is 23.9 Å². The molecular formula is C62H95N2O9+. The maximum Gasteiger partial charge on any atom is 0.373 e. The number of Topliss-reactive ketones (excluding diaryl/α,β-unsaturated/α-hetero) is 1. The summed E-state index contributed by atoms with van der Waals surface area (Å²) in [5.41, 5.74) is 7.69. The molecule has 0 amide bonds. The van der Waals surface area contributed by atoms with Crippen molar-refractivity contribution >= 4 is 23.7 Å². The zero-order chi connectivity index (χ0) is 52.6. The lowest BCUT2D eigenvalue weighted by Gasteiger charge is -2.52. The van der Waals surface area contributed by atoms with Crippen LogP contribution in [0.25, 0.3) is 0 Å². The summed E-state index contributed by atoms with van der Waals surface area (Å²) >= 11 is 0. The van der Waals surface area contributed by atoms with Gasteiger partial charge in [-0.1, -0.05) is 76.3 Å². The molecule has 5 N–H and O–H groups in total. The summed E-state index contributed by atoms with van der Waals surface area (Å²) in [5, 5.41) is 23.5. The Kier molecular flexibility index (Phi) is 15.7. The Morgan fingerprint density at radius 1 is 0.795 bits per heavy atom. The fraction of sp³-hybridized carbons (Fsp3) is 0.839. The first kappa shape index (κ1) is 55.0. The SMILES string of the molecule is CC1=C2C[C@H]3[C@@H](CCC4=CC(=O)CC[C@@]43C)[C@@H]2CC[C@@]2(C1)O[C@@H]1C[C@H](C)CN[C@H]1[C@H]2C.CC1=C2C[C@H]3[C@@H](CC[C@@H]4CC(=O)CC[C@@]43C)[C@@H]2CC[C@@]2(C1)O[C@@H]1C[C@H](C)C[NH2+][C@H]1[C@H]2C.CCC(C)(O)C(=O)O.O=C=O. The lowest BCUT2D eigenvalue weighted by atomic mass is 9.52. The number of hydrogen-bond acceptors (Lipinski definition) is 9. The molecule has 4 aliphatic heterocycles. The number of nitrogens with one attached hydrogen (secondary N) is 1. The van der Waals surface area contributed by atoms with E-state index >= 15 is 0 Å². The average molecular weight is 1010 g/mol. The van der Waals surface area contributed by atoms with Crippen LogP contribution in [-0.2, 0) is 33.4 Å². The number of quaternary nitrogens is 1. The number of aliphatic hydroxyl groups is 1.